The molecule has 4 aromatic rings. The fraction of sp³-hybridized carbons (Fsp3) is 0.158. The van der Waals surface area contributed by atoms with Crippen molar-refractivity contribution in [2.45, 2.75) is 13.3 Å². The van der Waals surface area contributed by atoms with Crippen LogP contribution in [0.2, 0.25) is 0 Å². The summed E-state index contributed by atoms with van der Waals surface area (Å²) in [6, 6.07) is 14.9. The molecular weight excluding hydrogens is 330 g/mol. The van der Waals surface area contributed by atoms with Crippen molar-refractivity contribution in [3.05, 3.63) is 59.9 Å². The quantitative estimate of drug-likeness (QED) is 0.570. The lowest BCUT2D eigenvalue weighted by molar-refractivity contribution is 0.0601. The molecule has 4 rings (SSSR count). The van der Waals surface area contributed by atoms with Gasteiger partial charge in [0.2, 0.25) is 5.65 Å². The molecule has 7 heteroatoms. The lowest BCUT2D eigenvalue weighted by atomic mass is 10.2. The van der Waals surface area contributed by atoms with Crippen LogP contribution in [-0.2, 0) is 11.2 Å². The van der Waals surface area contributed by atoms with Crippen LogP contribution in [0, 0.1) is 0 Å². The Hall–Kier alpha value is -3.48. The van der Waals surface area contributed by atoms with Gasteiger partial charge < -0.3 is 10.1 Å². The van der Waals surface area contributed by atoms with Gasteiger partial charge in [-0.3, -0.25) is 4.40 Å². The van der Waals surface area contributed by atoms with Gasteiger partial charge in [0.15, 0.2) is 5.82 Å². The van der Waals surface area contributed by atoms with E-state index in [0.717, 1.165) is 29.0 Å². The SMILES string of the molecule is CCc1nnc2c(Nc3ccc(C(=O)OC)cc3)nc3ccccc3n12. The van der Waals surface area contributed by atoms with E-state index in [9.17, 15) is 4.79 Å². The molecule has 130 valence electrons. The monoisotopic (exact) mass is 347 g/mol. The van der Waals surface area contributed by atoms with E-state index < -0.39 is 0 Å². The molecule has 0 aliphatic heterocycles. The number of nitrogens with one attached hydrogen (secondary N) is 1. The molecule has 0 saturated carbocycles. The molecule has 26 heavy (non-hydrogen) atoms. The maximum atomic E-state index is 11.6. The second-order valence-electron chi connectivity index (χ2n) is 5.77. The van der Waals surface area contributed by atoms with E-state index in [0.29, 0.717) is 17.0 Å². The van der Waals surface area contributed by atoms with Crippen molar-refractivity contribution in [2.75, 3.05) is 12.4 Å². The molecule has 1 N–H and O–H groups in total. The number of para-hydroxylation sites is 2. The number of benzene rings is 2. The number of rotatable bonds is 4. The third kappa shape index (κ3) is 2.63. The highest BCUT2D eigenvalue weighted by molar-refractivity contribution is 5.90. The summed E-state index contributed by atoms with van der Waals surface area (Å²) in [5, 5.41) is 11.9. The Balaban J connectivity index is 1.80. The van der Waals surface area contributed by atoms with Crippen LogP contribution in [0.5, 0.6) is 0 Å². The van der Waals surface area contributed by atoms with E-state index in [-0.39, 0.29) is 5.97 Å². The Morgan fingerprint density at radius 3 is 2.62 bits per heavy atom. The van der Waals surface area contributed by atoms with Crippen molar-refractivity contribution >= 4 is 34.2 Å². The van der Waals surface area contributed by atoms with E-state index in [1.807, 2.05) is 35.6 Å². The predicted octanol–water partition coefficient (Wildman–Crippen LogP) is 3.37. The van der Waals surface area contributed by atoms with Crippen molar-refractivity contribution in [2.24, 2.45) is 0 Å². The number of hydrogen-bond acceptors (Lipinski definition) is 6. The summed E-state index contributed by atoms with van der Waals surface area (Å²) in [5.74, 6) is 1.12. The highest BCUT2D eigenvalue weighted by Gasteiger charge is 2.14. The number of fused-ring (bicyclic) bond motifs is 3. The summed E-state index contributed by atoms with van der Waals surface area (Å²) >= 11 is 0. The van der Waals surface area contributed by atoms with E-state index in [1.165, 1.54) is 7.11 Å². The maximum absolute atomic E-state index is 11.6. The molecule has 0 saturated heterocycles. The molecular formula is C19H17N5O2. The van der Waals surface area contributed by atoms with Crippen LogP contribution < -0.4 is 5.32 Å². The fourth-order valence-electron chi connectivity index (χ4n) is 2.90. The largest absolute Gasteiger partial charge is 0.465 e. The number of nitrogens with zero attached hydrogens (tertiary/aromatic N) is 4. The molecule has 0 unspecified atom stereocenters. The van der Waals surface area contributed by atoms with Crippen molar-refractivity contribution < 1.29 is 9.53 Å². The summed E-state index contributed by atoms with van der Waals surface area (Å²) in [5.41, 5.74) is 3.77. The average Bonchev–Trinajstić information content (AvgIpc) is 3.13. The first kappa shape index (κ1) is 16.0. The number of esters is 1. The zero-order valence-electron chi connectivity index (χ0n) is 14.4. The van der Waals surface area contributed by atoms with Crippen molar-refractivity contribution in [3.8, 4) is 0 Å². The Morgan fingerprint density at radius 1 is 1.12 bits per heavy atom. The zero-order chi connectivity index (χ0) is 18.1. The predicted molar refractivity (Wildman–Crippen MR) is 98.7 cm³/mol. The van der Waals surface area contributed by atoms with Gasteiger partial charge in [0.25, 0.3) is 0 Å². The first-order chi connectivity index (χ1) is 12.7. The average molecular weight is 347 g/mol. The second kappa shape index (κ2) is 6.44. The summed E-state index contributed by atoms with van der Waals surface area (Å²) < 4.78 is 6.74. The first-order valence-electron chi connectivity index (χ1n) is 8.29. The third-order valence-electron chi connectivity index (χ3n) is 4.18. The highest BCUT2D eigenvalue weighted by atomic mass is 16.5. The number of anilines is 2. The molecule has 0 aliphatic rings. The molecule has 2 heterocycles. The van der Waals surface area contributed by atoms with Gasteiger partial charge >= 0.3 is 5.97 Å². The van der Waals surface area contributed by atoms with Gasteiger partial charge in [0.1, 0.15) is 5.82 Å². The Bertz CT molecular complexity index is 1100. The van der Waals surface area contributed by atoms with E-state index in [2.05, 4.69) is 15.5 Å². The number of carbonyl (C=O) groups excluding carboxylic acids is 1. The molecule has 0 bridgehead atoms. The lowest BCUT2D eigenvalue weighted by Gasteiger charge is -2.10. The second-order valence-corrected chi connectivity index (χ2v) is 5.77. The lowest BCUT2D eigenvalue weighted by Crippen LogP contribution is -2.03. The van der Waals surface area contributed by atoms with Gasteiger partial charge in [-0.05, 0) is 36.4 Å². The molecule has 0 fully saturated rings. The van der Waals surface area contributed by atoms with E-state index in [1.54, 1.807) is 24.3 Å². The number of carbonyl (C=O) groups is 1. The Morgan fingerprint density at radius 2 is 1.88 bits per heavy atom. The van der Waals surface area contributed by atoms with Crippen molar-refractivity contribution in [1.82, 2.24) is 19.6 Å². The number of aromatic nitrogens is 4. The van der Waals surface area contributed by atoms with Crippen LogP contribution in [0.15, 0.2) is 48.5 Å². The minimum Gasteiger partial charge on any atom is -0.465 e. The smallest absolute Gasteiger partial charge is 0.337 e. The number of hydrogen-bond donors (Lipinski definition) is 1. The van der Waals surface area contributed by atoms with E-state index >= 15 is 0 Å². The molecule has 7 nitrogen and oxygen atoms in total. The van der Waals surface area contributed by atoms with Gasteiger partial charge in [-0.2, -0.15) is 0 Å². The summed E-state index contributed by atoms with van der Waals surface area (Å²) in [6.45, 7) is 2.05. The van der Waals surface area contributed by atoms with Crippen molar-refractivity contribution in [1.29, 1.82) is 0 Å². The molecule has 0 amide bonds. The Labute approximate surface area is 149 Å². The molecule has 2 aromatic carbocycles. The zero-order valence-corrected chi connectivity index (χ0v) is 14.4. The molecule has 0 radical (unpaired) electrons. The van der Waals surface area contributed by atoms with Gasteiger partial charge in [-0.15, -0.1) is 10.2 Å². The minimum absolute atomic E-state index is 0.368. The molecule has 2 aromatic heterocycles. The van der Waals surface area contributed by atoms with Crippen LogP contribution in [0.25, 0.3) is 16.7 Å². The maximum Gasteiger partial charge on any atom is 0.337 e. The van der Waals surface area contributed by atoms with Crippen LogP contribution in [0.4, 0.5) is 11.5 Å². The first-order valence-corrected chi connectivity index (χ1v) is 8.29. The van der Waals surface area contributed by atoms with E-state index in [4.69, 9.17) is 9.72 Å². The van der Waals surface area contributed by atoms with Gasteiger partial charge in [-0.1, -0.05) is 19.1 Å². The minimum atomic E-state index is -0.368. The number of ether oxygens (including phenoxy) is 1. The number of methoxy groups -OCH3 is 1. The normalized spacial score (nSPS) is 11.0. The van der Waals surface area contributed by atoms with Gasteiger partial charge in [-0.25, -0.2) is 9.78 Å². The van der Waals surface area contributed by atoms with Crippen LogP contribution in [0.3, 0.4) is 0 Å². The molecule has 0 atom stereocenters. The third-order valence-corrected chi connectivity index (χ3v) is 4.18. The standard InChI is InChI=1S/C19H17N5O2/c1-3-16-22-23-18-17(21-14-6-4-5-7-15(14)24(16)18)20-13-10-8-12(9-11-13)19(25)26-2/h4-11H,3H2,1-2H3,(H,20,21). The van der Waals surface area contributed by atoms with Crippen molar-refractivity contribution in [3.63, 3.8) is 0 Å². The van der Waals surface area contributed by atoms with Crippen LogP contribution >= 0.6 is 0 Å². The molecule has 0 spiro atoms. The molecule has 0 aliphatic carbocycles. The van der Waals surface area contributed by atoms with Crippen LogP contribution in [-0.4, -0.2) is 32.7 Å². The Kier molecular flexibility index (Phi) is 3.96. The van der Waals surface area contributed by atoms with Gasteiger partial charge in [0, 0.05) is 12.1 Å². The topological polar surface area (TPSA) is 81.4 Å². The summed E-state index contributed by atoms with van der Waals surface area (Å²) in [7, 11) is 1.36. The summed E-state index contributed by atoms with van der Waals surface area (Å²) in [6.07, 6.45) is 0.766. The van der Waals surface area contributed by atoms with Gasteiger partial charge in [0.05, 0.1) is 23.7 Å². The highest BCUT2D eigenvalue weighted by Crippen LogP contribution is 2.25. The number of aryl methyl sites for hydroxylation is 1. The van der Waals surface area contributed by atoms with Crippen LogP contribution in [0.1, 0.15) is 23.1 Å². The summed E-state index contributed by atoms with van der Waals surface area (Å²) in [4.78, 5) is 16.3. The fourth-order valence-corrected chi connectivity index (χ4v) is 2.90.